The minimum Gasteiger partial charge on any atom is -0.265 e. The van der Waals surface area contributed by atoms with Gasteiger partial charge in [0.1, 0.15) is 0 Å². The highest BCUT2D eigenvalue weighted by Crippen LogP contribution is 2.15. The molecule has 0 aliphatic carbocycles. The molecule has 0 saturated heterocycles. The second-order valence-electron chi connectivity index (χ2n) is 3.75. The van der Waals surface area contributed by atoms with E-state index in [1.54, 1.807) is 11.7 Å². The Bertz CT molecular complexity index is 607. The maximum absolute atomic E-state index is 11.9. The van der Waals surface area contributed by atoms with Crippen LogP contribution >= 0.6 is 11.8 Å². The molecule has 2 aromatic rings. The Labute approximate surface area is 104 Å². The molecule has 0 amide bonds. The maximum atomic E-state index is 11.9. The van der Waals surface area contributed by atoms with Crippen LogP contribution in [0.25, 0.3) is 11.3 Å². The maximum Gasteiger partial charge on any atom is 0.300 e. The summed E-state index contributed by atoms with van der Waals surface area (Å²) in [5, 5.41) is 4.89. The summed E-state index contributed by atoms with van der Waals surface area (Å²) < 4.78 is 1.63. The molecule has 0 N–H and O–H groups in total. The SMILES string of the molecule is CSc1nc(=O)c(-c2cccc(C)c2)nn1C. The first-order chi connectivity index (χ1) is 8.11. The molecule has 0 atom stereocenters. The Balaban J connectivity index is 2.61. The fourth-order valence-electron chi connectivity index (χ4n) is 1.60. The van der Waals surface area contributed by atoms with Crippen LogP contribution in [0.5, 0.6) is 0 Å². The van der Waals surface area contributed by atoms with E-state index in [0.29, 0.717) is 10.9 Å². The zero-order valence-electron chi connectivity index (χ0n) is 9.97. The summed E-state index contributed by atoms with van der Waals surface area (Å²) in [6, 6.07) is 7.70. The number of rotatable bonds is 2. The number of aryl methyl sites for hydroxylation is 2. The predicted molar refractivity (Wildman–Crippen MR) is 69.2 cm³/mol. The zero-order valence-corrected chi connectivity index (χ0v) is 10.8. The third-order valence-corrected chi connectivity index (χ3v) is 3.12. The van der Waals surface area contributed by atoms with Gasteiger partial charge >= 0.3 is 0 Å². The van der Waals surface area contributed by atoms with Gasteiger partial charge in [0.2, 0.25) is 0 Å². The number of benzene rings is 1. The highest BCUT2D eigenvalue weighted by molar-refractivity contribution is 7.98. The standard InChI is InChI=1S/C12H13N3OS/c1-8-5-4-6-9(7-8)10-11(16)13-12(17-3)15(2)14-10/h4-7H,1-3H3. The Morgan fingerprint density at radius 3 is 2.76 bits per heavy atom. The zero-order chi connectivity index (χ0) is 12.4. The number of thioether (sulfide) groups is 1. The largest absolute Gasteiger partial charge is 0.300 e. The molecule has 5 heteroatoms. The summed E-state index contributed by atoms with van der Waals surface area (Å²) in [5.41, 5.74) is 2.03. The van der Waals surface area contributed by atoms with Crippen molar-refractivity contribution in [1.82, 2.24) is 14.8 Å². The molecule has 0 unspecified atom stereocenters. The van der Waals surface area contributed by atoms with Crippen LogP contribution in [-0.4, -0.2) is 21.0 Å². The molecule has 0 bridgehead atoms. The molecule has 0 aliphatic rings. The smallest absolute Gasteiger partial charge is 0.265 e. The minimum atomic E-state index is -0.280. The molecule has 0 spiro atoms. The van der Waals surface area contributed by atoms with Crippen molar-refractivity contribution >= 4 is 11.8 Å². The molecule has 0 fully saturated rings. The lowest BCUT2D eigenvalue weighted by Crippen LogP contribution is -2.18. The van der Waals surface area contributed by atoms with Crippen molar-refractivity contribution in [2.24, 2.45) is 7.05 Å². The summed E-state index contributed by atoms with van der Waals surface area (Å²) in [6.07, 6.45) is 1.87. The fraction of sp³-hybridized carbons (Fsp3) is 0.250. The second-order valence-corrected chi connectivity index (χ2v) is 4.52. The van der Waals surface area contributed by atoms with Gasteiger partial charge in [-0.05, 0) is 19.2 Å². The Kier molecular flexibility index (Phi) is 3.28. The van der Waals surface area contributed by atoms with E-state index in [0.717, 1.165) is 11.1 Å². The quantitative estimate of drug-likeness (QED) is 0.760. The molecule has 1 aromatic heterocycles. The van der Waals surface area contributed by atoms with Crippen molar-refractivity contribution in [3.05, 3.63) is 40.2 Å². The van der Waals surface area contributed by atoms with Crippen LogP contribution in [0.4, 0.5) is 0 Å². The monoisotopic (exact) mass is 247 g/mol. The van der Waals surface area contributed by atoms with Crippen molar-refractivity contribution in [3.63, 3.8) is 0 Å². The van der Waals surface area contributed by atoms with Gasteiger partial charge in [-0.3, -0.25) is 4.79 Å². The molecule has 17 heavy (non-hydrogen) atoms. The first kappa shape index (κ1) is 11.9. The summed E-state index contributed by atoms with van der Waals surface area (Å²) in [7, 11) is 1.79. The van der Waals surface area contributed by atoms with Gasteiger partial charge in [-0.2, -0.15) is 10.1 Å². The third kappa shape index (κ3) is 2.39. The average Bonchev–Trinajstić information content (AvgIpc) is 2.31. The van der Waals surface area contributed by atoms with Gasteiger partial charge < -0.3 is 0 Å². The van der Waals surface area contributed by atoms with Crippen LogP contribution in [0.15, 0.2) is 34.2 Å². The van der Waals surface area contributed by atoms with Crippen LogP contribution in [-0.2, 0) is 7.05 Å². The highest BCUT2D eigenvalue weighted by Gasteiger charge is 2.09. The molecular formula is C12H13N3OS. The lowest BCUT2D eigenvalue weighted by molar-refractivity contribution is 0.617. The molecule has 0 radical (unpaired) electrons. The Morgan fingerprint density at radius 1 is 1.35 bits per heavy atom. The number of aromatic nitrogens is 3. The van der Waals surface area contributed by atoms with Gasteiger partial charge in [0.25, 0.3) is 5.56 Å². The Hall–Kier alpha value is -1.62. The molecule has 88 valence electrons. The van der Waals surface area contributed by atoms with E-state index < -0.39 is 0 Å². The molecule has 1 aromatic carbocycles. The highest BCUT2D eigenvalue weighted by atomic mass is 32.2. The van der Waals surface area contributed by atoms with E-state index in [1.165, 1.54) is 11.8 Å². The van der Waals surface area contributed by atoms with Crippen molar-refractivity contribution in [3.8, 4) is 11.3 Å². The van der Waals surface area contributed by atoms with Crippen molar-refractivity contribution in [1.29, 1.82) is 0 Å². The molecule has 1 heterocycles. The van der Waals surface area contributed by atoms with Crippen LogP contribution in [0.2, 0.25) is 0 Å². The van der Waals surface area contributed by atoms with Crippen LogP contribution in [0, 0.1) is 6.92 Å². The van der Waals surface area contributed by atoms with Gasteiger partial charge in [0.15, 0.2) is 10.9 Å². The Morgan fingerprint density at radius 2 is 2.12 bits per heavy atom. The van der Waals surface area contributed by atoms with E-state index >= 15 is 0 Å². The van der Waals surface area contributed by atoms with Crippen LogP contribution < -0.4 is 5.56 Å². The van der Waals surface area contributed by atoms with Crippen molar-refractivity contribution in [2.75, 3.05) is 6.26 Å². The van der Waals surface area contributed by atoms with Gasteiger partial charge in [-0.1, -0.05) is 35.5 Å². The topological polar surface area (TPSA) is 47.8 Å². The summed E-state index contributed by atoms with van der Waals surface area (Å²) in [4.78, 5) is 15.9. The summed E-state index contributed by atoms with van der Waals surface area (Å²) >= 11 is 1.41. The average molecular weight is 247 g/mol. The first-order valence-electron chi connectivity index (χ1n) is 5.18. The minimum absolute atomic E-state index is 0.280. The van der Waals surface area contributed by atoms with Crippen molar-refractivity contribution < 1.29 is 0 Å². The van der Waals surface area contributed by atoms with Crippen LogP contribution in [0.3, 0.4) is 0 Å². The summed E-state index contributed by atoms with van der Waals surface area (Å²) in [5.74, 6) is 0. The molecule has 0 aliphatic heterocycles. The van der Waals surface area contributed by atoms with E-state index in [-0.39, 0.29) is 5.56 Å². The van der Waals surface area contributed by atoms with E-state index in [2.05, 4.69) is 10.1 Å². The number of hydrogen-bond donors (Lipinski definition) is 0. The van der Waals surface area contributed by atoms with Gasteiger partial charge in [0, 0.05) is 12.6 Å². The normalized spacial score (nSPS) is 10.5. The van der Waals surface area contributed by atoms with Gasteiger partial charge in [0.05, 0.1) is 0 Å². The molecule has 4 nitrogen and oxygen atoms in total. The molecule has 2 rings (SSSR count). The first-order valence-corrected chi connectivity index (χ1v) is 6.40. The van der Waals surface area contributed by atoms with Gasteiger partial charge in [-0.25, -0.2) is 4.68 Å². The lowest BCUT2D eigenvalue weighted by atomic mass is 10.1. The number of nitrogens with zero attached hydrogens (tertiary/aromatic N) is 3. The second kappa shape index (κ2) is 4.71. The third-order valence-electron chi connectivity index (χ3n) is 2.40. The number of hydrogen-bond acceptors (Lipinski definition) is 4. The molecule has 0 saturated carbocycles. The lowest BCUT2D eigenvalue weighted by Gasteiger charge is -2.06. The van der Waals surface area contributed by atoms with E-state index in [9.17, 15) is 4.79 Å². The van der Waals surface area contributed by atoms with E-state index in [1.807, 2.05) is 37.4 Å². The summed E-state index contributed by atoms with van der Waals surface area (Å²) in [6.45, 7) is 1.98. The fourth-order valence-corrected chi connectivity index (χ4v) is 2.08. The predicted octanol–water partition coefficient (Wildman–Crippen LogP) is 1.87. The molecular weight excluding hydrogens is 234 g/mol. The van der Waals surface area contributed by atoms with Crippen molar-refractivity contribution in [2.45, 2.75) is 12.1 Å². The van der Waals surface area contributed by atoms with Gasteiger partial charge in [-0.15, -0.1) is 0 Å². The van der Waals surface area contributed by atoms with Crippen LogP contribution in [0.1, 0.15) is 5.56 Å². The van der Waals surface area contributed by atoms with E-state index in [4.69, 9.17) is 0 Å².